The molecule has 1 aromatic rings. The highest BCUT2D eigenvalue weighted by atomic mass is 14.7. The Morgan fingerprint density at radius 3 is 2.35 bits per heavy atom. The number of hydrogen-bond donors (Lipinski definition) is 0. The predicted molar refractivity (Wildman–Crippen MR) is 91.0 cm³/mol. The standard InChI is InChI=1S/C19H31N/c1-7-17-9-8-10-18(15(4)5)19(17)13-20-12-16(6)11-14(2)3/h8-10,13-16H,7,11-12H2,1-6H3. The molecule has 1 heteroatoms. The van der Waals surface area contributed by atoms with Gasteiger partial charge in [0.2, 0.25) is 0 Å². The second-order valence-corrected chi connectivity index (χ2v) is 6.66. The first-order valence-corrected chi connectivity index (χ1v) is 8.07. The molecule has 0 aliphatic rings. The average Bonchev–Trinajstić information content (AvgIpc) is 2.37. The van der Waals surface area contributed by atoms with Crippen molar-refractivity contribution in [2.24, 2.45) is 16.8 Å². The molecule has 0 aliphatic carbocycles. The molecule has 0 heterocycles. The maximum atomic E-state index is 4.72. The van der Waals surface area contributed by atoms with Crippen molar-refractivity contribution in [3.8, 4) is 0 Å². The maximum absolute atomic E-state index is 4.72. The number of aryl methyl sites for hydroxylation is 1. The SMILES string of the molecule is CCc1cccc(C(C)C)c1C=NCC(C)CC(C)C. The molecule has 0 aromatic heterocycles. The van der Waals surface area contributed by atoms with Crippen LogP contribution in [0.15, 0.2) is 23.2 Å². The van der Waals surface area contributed by atoms with Crippen molar-refractivity contribution in [2.45, 2.75) is 60.3 Å². The van der Waals surface area contributed by atoms with Crippen molar-refractivity contribution < 1.29 is 0 Å². The summed E-state index contributed by atoms with van der Waals surface area (Å²) in [6.45, 7) is 14.5. The van der Waals surface area contributed by atoms with E-state index in [2.05, 4.69) is 66.0 Å². The van der Waals surface area contributed by atoms with Crippen LogP contribution in [0.5, 0.6) is 0 Å². The first-order valence-electron chi connectivity index (χ1n) is 8.07. The van der Waals surface area contributed by atoms with Gasteiger partial charge in [0.15, 0.2) is 0 Å². The predicted octanol–water partition coefficient (Wildman–Crippen LogP) is 5.47. The monoisotopic (exact) mass is 273 g/mol. The van der Waals surface area contributed by atoms with Gasteiger partial charge in [0.25, 0.3) is 0 Å². The topological polar surface area (TPSA) is 12.4 Å². The Balaban J connectivity index is 2.85. The smallest absolute Gasteiger partial charge is 0.0415 e. The lowest BCUT2D eigenvalue weighted by molar-refractivity contribution is 0.448. The van der Waals surface area contributed by atoms with Crippen LogP contribution in [-0.4, -0.2) is 12.8 Å². The van der Waals surface area contributed by atoms with E-state index in [1.54, 1.807) is 0 Å². The Morgan fingerprint density at radius 2 is 1.80 bits per heavy atom. The Hall–Kier alpha value is -1.11. The quantitative estimate of drug-likeness (QED) is 0.584. The minimum absolute atomic E-state index is 0.552. The number of hydrogen-bond acceptors (Lipinski definition) is 1. The molecule has 0 aliphatic heterocycles. The summed E-state index contributed by atoms with van der Waals surface area (Å²) >= 11 is 0. The third-order valence-corrected chi connectivity index (χ3v) is 3.74. The lowest BCUT2D eigenvalue weighted by atomic mass is 9.93. The summed E-state index contributed by atoms with van der Waals surface area (Å²) in [7, 11) is 0. The first kappa shape index (κ1) is 16.9. The summed E-state index contributed by atoms with van der Waals surface area (Å²) in [5, 5.41) is 0. The van der Waals surface area contributed by atoms with Gasteiger partial charge in [0.05, 0.1) is 0 Å². The second kappa shape index (κ2) is 8.24. The molecule has 1 nitrogen and oxygen atoms in total. The largest absolute Gasteiger partial charge is 0.292 e. The zero-order chi connectivity index (χ0) is 15.1. The van der Waals surface area contributed by atoms with Gasteiger partial charge >= 0.3 is 0 Å². The van der Waals surface area contributed by atoms with E-state index in [0.29, 0.717) is 11.8 Å². The fourth-order valence-electron chi connectivity index (χ4n) is 2.81. The van der Waals surface area contributed by atoms with Crippen molar-refractivity contribution in [1.29, 1.82) is 0 Å². The van der Waals surface area contributed by atoms with E-state index in [1.807, 2.05) is 0 Å². The molecule has 1 atom stereocenters. The van der Waals surface area contributed by atoms with Gasteiger partial charge in [0.1, 0.15) is 0 Å². The van der Waals surface area contributed by atoms with Crippen molar-refractivity contribution in [3.05, 3.63) is 34.9 Å². The van der Waals surface area contributed by atoms with Gasteiger partial charge in [-0.05, 0) is 47.3 Å². The molecule has 0 bridgehead atoms. The molecule has 0 spiro atoms. The molecule has 0 saturated carbocycles. The molecule has 1 rings (SSSR count). The summed E-state index contributed by atoms with van der Waals surface area (Å²) in [6, 6.07) is 6.64. The number of rotatable bonds is 7. The molecule has 1 aromatic carbocycles. The van der Waals surface area contributed by atoms with Gasteiger partial charge in [-0.1, -0.05) is 59.7 Å². The van der Waals surface area contributed by atoms with Gasteiger partial charge in [0, 0.05) is 12.8 Å². The Labute approximate surface area is 125 Å². The van der Waals surface area contributed by atoms with Crippen molar-refractivity contribution >= 4 is 6.21 Å². The molecular formula is C19H31N. The Morgan fingerprint density at radius 1 is 1.10 bits per heavy atom. The van der Waals surface area contributed by atoms with Crippen molar-refractivity contribution in [3.63, 3.8) is 0 Å². The molecule has 0 N–H and O–H groups in total. The minimum atomic E-state index is 0.552. The fraction of sp³-hybridized carbons (Fsp3) is 0.632. The number of nitrogens with zero attached hydrogens (tertiary/aromatic N) is 1. The highest BCUT2D eigenvalue weighted by Gasteiger charge is 2.09. The van der Waals surface area contributed by atoms with Crippen LogP contribution in [0.2, 0.25) is 0 Å². The van der Waals surface area contributed by atoms with Crippen LogP contribution in [0, 0.1) is 11.8 Å². The highest BCUT2D eigenvalue weighted by Crippen LogP contribution is 2.22. The molecule has 0 radical (unpaired) electrons. The second-order valence-electron chi connectivity index (χ2n) is 6.66. The summed E-state index contributed by atoms with van der Waals surface area (Å²) in [6.07, 6.45) is 4.44. The molecule has 0 fully saturated rings. The third-order valence-electron chi connectivity index (χ3n) is 3.74. The summed E-state index contributed by atoms with van der Waals surface area (Å²) in [5.74, 6) is 1.98. The fourth-order valence-corrected chi connectivity index (χ4v) is 2.81. The van der Waals surface area contributed by atoms with E-state index in [0.717, 1.165) is 18.9 Å². The van der Waals surface area contributed by atoms with Crippen LogP contribution < -0.4 is 0 Å². The average molecular weight is 273 g/mol. The first-order chi connectivity index (χ1) is 9.45. The van der Waals surface area contributed by atoms with Crippen LogP contribution in [0.3, 0.4) is 0 Å². The van der Waals surface area contributed by atoms with Gasteiger partial charge in [-0.15, -0.1) is 0 Å². The molecule has 20 heavy (non-hydrogen) atoms. The van der Waals surface area contributed by atoms with Gasteiger partial charge in [-0.2, -0.15) is 0 Å². The van der Waals surface area contributed by atoms with Crippen LogP contribution in [0.4, 0.5) is 0 Å². The number of benzene rings is 1. The van der Waals surface area contributed by atoms with Crippen LogP contribution >= 0.6 is 0 Å². The highest BCUT2D eigenvalue weighted by molar-refractivity contribution is 5.84. The van der Waals surface area contributed by atoms with Crippen LogP contribution in [0.1, 0.15) is 70.6 Å². The van der Waals surface area contributed by atoms with Crippen LogP contribution in [0.25, 0.3) is 0 Å². The Kier molecular flexibility index (Phi) is 6.98. The third kappa shape index (κ3) is 5.11. The summed E-state index contributed by atoms with van der Waals surface area (Å²) in [4.78, 5) is 4.72. The van der Waals surface area contributed by atoms with E-state index in [9.17, 15) is 0 Å². The number of aliphatic imine (C=N–C) groups is 1. The molecule has 112 valence electrons. The van der Waals surface area contributed by atoms with Crippen molar-refractivity contribution in [1.82, 2.24) is 0 Å². The minimum Gasteiger partial charge on any atom is -0.292 e. The lowest BCUT2D eigenvalue weighted by Gasteiger charge is -2.14. The van der Waals surface area contributed by atoms with Gasteiger partial charge in [-0.3, -0.25) is 4.99 Å². The van der Waals surface area contributed by atoms with Gasteiger partial charge in [-0.25, -0.2) is 0 Å². The van der Waals surface area contributed by atoms with E-state index in [-0.39, 0.29) is 0 Å². The summed E-state index contributed by atoms with van der Waals surface area (Å²) < 4.78 is 0. The molecule has 0 saturated heterocycles. The Bertz CT molecular complexity index is 429. The zero-order valence-corrected chi connectivity index (χ0v) is 14.1. The lowest BCUT2D eigenvalue weighted by Crippen LogP contribution is -2.05. The van der Waals surface area contributed by atoms with E-state index in [4.69, 9.17) is 4.99 Å². The van der Waals surface area contributed by atoms with Crippen molar-refractivity contribution in [2.75, 3.05) is 6.54 Å². The molecular weight excluding hydrogens is 242 g/mol. The van der Waals surface area contributed by atoms with E-state index < -0.39 is 0 Å². The molecule has 1 unspecified atom stereocenters. The summed E-state index contributed by atoms with van der Waals surface area (Å²) in [5.41, 5.74) is 4.18. The van der Waals surface area contributed by atoms with Crippen LogP contribution in [-0.2, 0) is 6.42 Å². The van der Waals surface area contributed by atoms with E-state index in [1.165, 1.54) is 23.1 Å². The normalized spacial score (nSPS) is 13.6. The molecule has 0 amide bonds. The maximum Gasteiger partial charge on any atom is 0.0415 e. The van der Waals surface area contributed by atoms with E-state index >= 15 is 0 Å². The zero-order valence-electron chi connectivity index (χ0n) is 14.1. The van der Waals surface area contributed by atoms with Gasteiger partial charge < -0.3 is 0 Å².